The second-order valence-corrected chi connectivity index (χ2v) is 22.7. The van der Waals surface area contributed by atoms with E-state index in [1.165, 1.54) is 24.3 Å². The summed E-state index contributed by atoms with van der Waals surface area (Å²) >= 11 is 76.2. The van der Waals surface area contributed by atoms with Gasteiger partial charge in [-0.1, -0.05) is 114 Å². The standard InChI is InChI=1S/2C20H4Br4Cl4O5.Pb/c2*21-5-1-3-7(8-9(20(31)32)13(26)15(28)14(27)12(8)25)4-2-6(22)17(30)11(24)19(4)33-18(3)10(23)16(5)29;/h2*1-2,29H,(H,31,32);/q;;+2/p-2. The van der Waals surface area contributed by atoms with Gasteiger partial charge < -0.3 is 34.1 Å². The number of benzene rings is 6. The van der Waals surface area contributed by atoms with Crippen molar-refractivity contribution in [1.29, 1.82) is 0 Å². The number of aromatic carboxylic acids is 2. The van der Waals surface area contributed by atoms with E-state index in [1.54, 1.807) is 0 Å². The Morgan fingerprint density at radius 1 is 0.507 bits per heavy atom. The molecule has 0 bridgehead atoms. The van der Waals surface area contributed by atoms with Gasteiger partial charge in [-0.05, 0) is 136 Å². The summed E-state index contributed by atoms with van der Waals surface area (Å²) in [4.78, 5) is 49.6. The molecule has 2 radical (unpaired) electrons. The first-order valence-electron chi connectivity index (χ1n) is 16.8. The van der Waals surface area contributed by atoms with Gasteiger partial charge in [-0.2, -0.15) is 0 Å². The summed E-state index contributed by atoms with van der Waals surface area (Å²) in [6.45, 7) is 0. The van der Waals surface area contributed by atoms with Gasteiger partial charge in [-0.3, -0.25) is 9.59 Å². The Morgan fingerprint density at radius 2 is 0.881 bits per heavy atom. The first-order valence-corrected chi connectivity index (χ1v) is 26.2. The molecule has 2 aliphatic heterocycles. The summed E-state index contributed by atoms with van der Waals surface area (Å²) in [6.07, 6.45) is 0. The molecule has 4 aliphatic rings. The molecule has 0 unspecified atom stereocenters. The molecule has 10 nitrogen and oxygen atoms in total. The van der Waals surface area contributed by atoms with Gasteiger partial charge in [-0.25, -0.2) is 4.79 Å². The van der Waals surface area contributed by atoms with E-state index in [0.29, 0.717) is 10.9 Å². The van der Waals surface area contributed by atoms with Crippen molar-refractivity contribution in [3.05, 3.63) is 132 Å². The minimum Gasteiger partial charge on any atom is -0.871 e. The number of hydrogen-bond donors (Lipinski definition) is 2. The summed E-state index contributed by atoms with van der Waals surface area (Å²) in [5, 5.41) is 43.8. The average molecular weight is 1780 g/mol. The van der Waals surface area contributed by atoms with Crippen molar-refractivity contribution < 1.29 is 38.8 Å². The zero-order chi connectivity index (χ0) is 49.0. The number of carboxylic acid groups (broad SMARTS) is 2. The second-order valence-electron chi connectivity index (χ2n) is 13.1. The van der Waals surface area contributed by atoms with Crippen molar-refractivity contribution in [3.63, 3.8) is 0 Å². The van der Waals surface area contributed by atoms with Crippen LogP contribution in [0.25, 0.3) is 66.8 Å². The second kappa shape index (κ2) is 21.4. The summed E-state index contributed by atoms with van der Waals surface area (Å²) in [5.41, 5.74) is -0.849. The molecule has 0 fully saturated rings. The number of rotatable bonds is 4. The van der Waals surface area contributed by atoms with Crippen LogP contribution in [0.5, 0.6) is 11.5 Å². The molecule has 0 saturated heterocycles. The molecule has 2 N–H and O–H groups in total. The van der Waals surface area contributed by atoms with Gasteiger partial charge in [-0.15, -0.1) is 0 Å². The van der Waals surface area contributed by atoms with Crippen LogP contribution in [0.4, 0.5) is 0 Å². The number of hydrogen-bond acceptors (Lipinski definition) is 9. The number of phenolic OH excluding ortho intramolecular Hbond substituents is 1. The van der Waals surface area contributed by atoms with E-state index in [2.05, 4.69) is 127 Å². The maximum atomic E-state index is 12.6. The Bertz CT molecular complexity index is 3380. The molecule has 0 spiro atoms. The molecule has 0 amide bonds. The number of aromatic hydroxyl groups is 1. The quantitative estimate of drug-likeness (QED) is 0.0745. The van der Waals surface area contributed by atoms with Gasteiger partial charge in [0.15, 0.2) is 17.1 Å². The van der Waals surface area contributed by atoms with Crippen LogP contribution in [-0.2, 0) is 0 Å². The Morgan fingerprint density at radius 3 is 1.30 bits per heavy atom. The average Bonchev–Trinajstić information content (AvgIpc) is 3.26. The first-order chi connectivity index (χ1) is 30.8. The van der Waals surface area contributed by atoms with E-state index < -0.39 is 39.7 Å². The minimum absolute atomic E-state index is 0. The molecular formula is C40H6Br8Cl8O10Pb. The maximum absolute atomic E-state index is 12.6. The van der Waals surface area contributed by atoms with Crippen molar-refractivity contribution in [2.45, 2.75) is 0 Å². The zero-order valence-electron chi connectivity index (χ0n) is 31.0. The normalized spacial score (nSPS) is 11.3. The van der Waals surface area contributed by atoms with Crippen molar-refractivity contribution in [3.8, 4) is 56.4 Å². The van der Waals surface area contributed by atoms with Gasteiger partial charge in [0.1, 0.15) is 24.8 Å². The number of fused-ring (bicyclic) bond motifs is 4. The van der Waals surface area contributed by atoms with Crippen molar-refractivity contribution in [1.82, 2.24) is 0 Å². The van der Waals surface area contributed by atoms with Crippen LogP contribution in [0.1, 0.15) is 20.7 Å². The molecule has 342 valence electrons. The van der Waals surface area contributed by atoms with Gasteiger partial charge in [0, 0.05) is 54.2 Å². The number of carbonyl (C=O) groups excluding carboxylic acids is 1. The van der Waals surface area contributed by atoms with Crippen LogP contribution in [0.3, 0.4) is 0 Å². The summed E-state index contributed by atoms with van der Waals surface area (Å²) < 4.78 is 12.9. The maximum Gasteiger partial charge on any atom is 2.00 e. The first kappa shape index (κ1) is 56.2. The minimum atomic E-state index is -1.67. The van der Waals surface area contributed by atoms with Gasteiger partial charge in [0.05, 0.1) is 69.6 Å². The van der Waals surface area contributed by atoms with E-state index in [4.69, 9.17) is 102 Å². The molecule has 2 heterocycles. The molecule has 0 atom stereocenters. The third-order valence-corrected chi connectivity index (χ3v) is 18.4. The van der Waals surface area contributed by atoms with Gasteiger partial charge in [0.25, 0.3) is 0 Å². The molecule has 2 aliphatic carbocycles. The summed E-state index contributed by atoms with van der Waals surface area (Å²) in [6, 6.07) is 5.84. The van der Waals surface area contributed by atoms with Crippen LogP contribution >= 0.6 is 220 Å². The summed E-state index contributed by atoms with van der Waals surface area (Å²) in [7, 11) is 0. The molecule has 8 rings (SSSR count). The fourth-order valence-corrected chi connectivity index (χ4v) is 13.5. The van der Waals surface area contributed by atoms with Crippen LogP contribution in [0.15, 0.2) is 78.5 Å². The Labute approximate surface area is 501 Å². The largest absolute Gasteiger partial charge is 2.00 e. The van der Waals surface area contributed by atoms with Crippen molar-refractivity contribution in [2.24, 2.45) is 0 Å². The van der Waals surface area contributed by atoms with Crippen molar-refractivity contribution in [2.75, 3.05) is 0 Å². The van der Waals surface area contributed by atoms with E-state index in [9.17, 15) is 39.6 Å². The number of carboxylic acids is 2. The third kappa shape index (κ3) is 9.54. The molecule has 27 heteroatoms. The Balaban J connectivity index is 0.000000218. The van der Waals surface area contributed by atoms with E-state index >= 15 is 0 Å². The third-order valence-electron chi connectivity index (χ3n) is 9.48. The van der Waals surface area contributed by atoms with Gasteiger partial charge in [0.2, 0.25) is 10.9 Å². The predicted octanol–water partition coefficient (Wildman–Crippen LogP) is 16.9. The predicted molar refractivity (Wildman–Crippen MR) is 289 cm³/mol. The van der Waals surface area contributed by atoms with Crippen LogP contribution < -0.4 is 21.1 Å². The van der Waals surface area contributed by atoms with Crippen LogP contribution in [0.2, 0.25) is 40.2 Å². The van der Waals surface area contributed by atoms with E-state index in [-0.39, 0.29) is 165 Å². The van der Waals surface area contributed by atoms with Gasteiger partial charge >= 0.3 is 33.3 Å². The molecule has 4 aromatic carbocycles. The molecular weight excluding hydrogens is 1770 g/mol. The fourth-order valence-electron chi connectivity index (χ4n) is 6.64. The SMILES string of the molecule is O=C(O)c1c(Cl)c(Cl)c(Cl)c(Cl)c1-c1c2cc(Br)c(=O)c(Br)c-2oc2c(Br)c(O)c(Br)cc12.O=C([O-])c1c(Cl)c(Cl)c(Cl)c(Cl)c1-c1c2cc(Br)c(=O)c(Br)c-2oc2c(Br)c([O-])c(Br)cc12.[Pb+2]. The Hall–Kier alpha value is -0.118. The topological polar surface area (TPSA) is 181 Å². The van der Waals surface area contributed by atoms with E-state index in [0.717, 1.165) is 0 Å². The van der Waals surface area contributed by atoms with Crippen LogP contribution in [0, 0.1) is 0 Å². The fraction of sp³-hybridized carbons (Fsp3) is 0. The zero-order valence-corrected chi connectivity index (χ0v) is 53.6. The molecule has 67 heavy (non-hydrogen) atoms. The van der Waals surface area contributed by atoms with E-state index in [1.807, 2.05) is 0 Å². The number of halogens is 16. The molecule has 4 aromatic rings. The summed E-state index contributed by atoms with van der Waals surface area (Å²) in [5.74, 6) is -3.60. The molecule has 0 saturated carbocycles. The molecule has 0 aromatic heterocycles. The number of carbonyl (C=O) groups is 2. The monoisotopic (exact) mass is 1770 g/mol. The van der Waals surface area contributed by atoms with Crippen molar-refractivity contribution >= 4 is 281 Å². The number of phenols is 1. The Kier molecular flexibility index (Phi) is 17.9. The smallest absolute Gasteiger partial charge is 0.871 e. The van der Waals surface area contributed by atoms with Crippen LogP contribution in [-0.4, -0.2) is 49.5 Å².